The standard InChI is InChI=1S/C7H4F3N3O6S/c8-7(9,10)4-1-2-5(6(3-4)13(14)15)11-12-20(17)19-18-16/h1-3,16H/p-1. The molecule has 0 aliphatic heterocycles. The van der Waals surface area contributed by atoms with Gasteiger partial charge in [-0.25, -0.2) is 4.33 Å². The molecule has 0 unspecified atom stereocenters. The molecule has 110 valence electrons. The fourth-order valence-electron chi connectivity index (χ4n) is 1.05. The van der Waals surface area contributed by atoms with Crippen LogP contribution in [0.5, 0.6) is 0 Å². The number of alkyl halides is 3. The van der Waals surface area contributed by atoms with Crippen LogP contribution >= 0.6 is 0 Å². The van der Waals surface area contributed by atoms with Gasteiger partial charge in [-0.15, -0.1) is 0 Å². The van der Waals surface area contributed by atoms with Crippen LogP contribution in [0.15, 0.2) is 23.3 Å². The van der Waals surface area contributed by atoms with E-state index in [9.17, 15) is 32.8 Å². The number of nitrogens with zero attached hydrogens (tertiary/aromatic N) is 3. The first-order chi connectivity index (χ1) is 9.25. The van der Waals surface area contributed by atoms with Crippen molar-refractivity contribution in [2.75, 3.05) is 0 Å². The molecule has 1 aromatic carbocycles. The molecule has 1 aromatic rings. The van der Waals surface area contributed by atoms with Gasteiger partial charge in [-0.05, 0) is 16.3 Å². The summed E-state index contributed by atoms with van der Waals surface area (Å²) >= 11 is 0. The minimum absolute atomic E-state index is 0.238. The molecule has 0 aliphatic rings. The molecule has 0 N–H and O–H groups in total. The fraction of sp³-hybridized carbons (Fsp3) is 0.143. The van der Waals surface area contributed by atoms with Crippen molar-refractivity contribution in [2.24, 2.45) is 5.11 Å². The molecule has 0 heterocycles. The van der Waals surface area contributed by atoms with Crippen molar-refractivity contribution in [3.63, 3.8) is 0 Å². The third-order valence-electron chi connectivity index (χ3n) is 1.80. The van der Waals surface area contributed by atoms with Gasteiger partial charge in [0.15, 0.2) is 0 Å². The number of nitro benzene ring substituents is 1. The van der Waals surface area contributed by atoms with E-state index in [0.29, 0.717) is 12.1 Å². The summed E-state index contributed by atoms with van der Waals surface area (Å²) in [4.78, 5) is 9.50. The minimum atomic E-state index is -4.78. The van der Waals surface area contributed by atoms with Crippen LogP contribution < -0.4 is 9.42 Å². The number of nitro groups is 1. The van der Waals surface area contributed by atoms with E-state index in [1.807, 2.05) is 0 Å². The molecule has 0 atom stereocenters. The molecule has 0 spiro atoms. The van der Waals surface area contributed by atoms with E-state index in [1.165, 1.54) is 0 Å². The van der Waals surface area contributed by atoms with Crippen LogP contribution in [-0.2, 0) is 30.6 Å². The summed E-state index contributed by atoms with van der Waals surface area (Å²) in [6.07, 6.45) is -4.78. The largest absolute Gasteiger partial charge is 0.693 e. The molecule has 0 aliphatic carbocycles. The predicted molar refractivity (Wildman–Crippen MR) is 52.5 cm³/mol. The van der Waals surface area contributed by atoms with E-state index >= 15 is 0 Å². The highest BCUT2D eigenvalue weighted by Gasteiger charge is 2.33. The molecule has 13 heteroatoms. The summed E-state index contributed by atoms with van der Waals surface area (Å²) < 4.78 is 54.1. The van der Waals surface area contributed by atoms with Crippen LogP contribution in [0.2, 0.25) is 0 Å². The van der Waals surface area contributed by atoms with Gasteiger partial charge in [0.2, 0.25) is 5.69 Å². The molecule has 20 heavy (non-hydrogen) atoms. The lowest BCUT2D eigenvalue weighted by Gasteiger charge is -2.05. The van der Waals surface area contributed by atoms with Crippen LogP contribution in [0.3, 0.4) is 0 Å². The lowest BCUT2D eigenvalue weighted by molar-refractivity contribution is -0.777. The first kappa shape index (κ1) is 16.0. The molecule has 1 rings (SSSR count). The van der Waals surface area contributed by atoms with Crippen molar-refractivity contribution in [1.29, 1.82) is 0 Å². The van der Waals surface area contributed by atoms with E-state index in [0.717, 1.165) is 0 Å². The van der Waals surface area contributed by atoms with E-state index in [4.69, 9.17) is 0 Å². The Morgan fingerprint density at radius 2 is 2.05 bits per heavy atom. The van der Waals surface area contributed by atoms with Crippen LogP contribution in [0.1, 0.15) is 5.56 Å². The Labute approximate surface area is 109 Å². The first-order valence-electron chi connectivity index (χ1n) is 4.42. The molecule has 0 saturated carbocycles. The normalized spacial score (nSPS) is 11.2. The third kappa shape index (κ3) is 4.25. The van der Waals surface area contributed by atoms with E-state index < -0.39 is 38.9 Å². The van der Waals surface area contributed by atoms with Gasteiger partial charge >= 0.3 is 11.9 Å². The number of benzene rings is 1. The third-order valence-corrected chi connectivity index (χ3v) is 2.19. The molecule has 0 aromatic heterocycles. The number of hydrogen-bond donors (Lipinski definition) is 0. The second-order valence-electron chi connectivity index (χ2n) is 2.99. The maximum absolute atomic E-state index is 12.4. The number of rotatable bonds is 4. The zero-order valence-electron chi connectivity index (χ0n) is 9.07. The first-order valence-corrected chi connectivity index (χ1v) is 5.45. The maximum atomic E-state index is 12.4. The highest BCUT2D eigenvalue weighted by molar-refractivity contribution is 7.68. The second kappa shape index (κ2) is 6.40. The summed E-state index contributed by atoms with van der Waals surface area (Å²) in [5.41, 5.74) is -2.88. The summed E-state index contributed by atoms with van der Waals surface area (Å²) in [6.45, 7) is 0. The Morgan fingerprint density at radius 3 is 2.55 bits per heavy atom. The van der Waals surface area contributed by atoms with Gasteiger partial charge in [-0.1, -0.05) is 0 Å². The fourth-order valence-corrected chi connectivity index (χ4v) is 1.27. The topological polar surface area (TPSA) is 128 Å². The maximum Gasteiger partial charge on any atom is 0.416 e. The summed E-state index contributed by atoms with van der Waals surface area (Å²) in [7, 11) is -2.69. The quantitative estimate of drug-likeness (QED) is 0.204. The van der Waals surface area contributed by atoms with Crippen molar-refractivity contribution in [3.8, 4) is 0 Å². The summed E-state index contributed by atoms with van der Waals surface area (Å²) in [5, 5.41) is 25.8. The van der Waals surface area contributed by atoms with Gasteiger partial charge in [-0.3, -0.25) is 10.1 Å². The van der Waals surface area contributed by atoms with E-state index in [-0.39, 0.29) is 6.07 Å². The average molecular weight is 314 g/mol. The lowest BCUT2D eigenvalue weighted by atomic mass is 10.1. The highest BCUT2D eigenvalue weighted by atomic mass is 32.2. The van der Waals surface area contributed by atoms with Crippen molar-refractivity contribution in [2.45, 2.75) is 6.18 Å². The Hall–Kier alpha value is -2.05. The number of hydrogen-bond acceptors (Lipinski definition) is 8. The van der Waals surface area contributed by atoms with Gasteiger partial charge in [0.1, 0.15) is 5.11 Å². The van der Waals surface area contributed by atoms with Gasteiger partial charge < -0.3 is 14.5 Å². The minimum Gasteiger partial charge on any atom is -0.693 e. The van der Waals surface area contributed by atoms with Crippen molar-refractivity contribution >= 4 is 22.3 Å². The van der Waals surface area contributed by atoms with Gasteiger partial charge in [0.05, 0.1) is 10.5 Å². The van der Waals surface area contributed by atoms with Gasteiger partial charge in [-0.2, -0.15) is 13.2 Å². The van der Waals surface area contributed by atoms with Crippen molar-refractivity contribution in [3.05, 3.63) is 33.9 Å². The highest BCUT2D eigenvalue weighted by Crippen LogP contribution is 2.35. The molecule has 9 nitrogen and oxygen atoms in total. The molecular formula is C7H3F3N3O6S-. The second-order valence-corrected chi connectivity index (χ2v) is 3.73. The molecule has 0 bridgehead atoms. The van der Waals surface area contributed by atoms with Crippen molar-refractivity contribution < 1.29 is 36.9 Å². The van der Waals surface area contributed by atoms with Crippen LogP contribution in [-0.4, -0.2) is 4.92 Å². The molecule has 0 saturated heterocycles. The summed E-state index contributed by atoms with van der Waals surface area (Å²) in [6, 6.07) is 1.41. The van der Waals surface area contributed by atoms with Gasteiger partial charge in [0, 0.05) is 6.07 Å². The Bertz CT molecular complexity index is 635. The van der Waals surface area contributed by atoms with E-state index in [2.05, 4.69) is 18.6 Å². The zero-order valence-corrected chi connectivity index (χ0v) is 9.88. The van der Waals surface area contributed by atoms with Gasteiger partial charge in [0.25, 0.3) is 10.9 Å². The van der Waals surface area contributed by atoms with Crippen LogP contribution in [0.25, 0.3) is 0 Å². The van der Waals surface area contributed by atoms with E-state index in [1.54, 1.807) is 0 Å². The monoisotopic (exact) mass is 314 g/mol. The molecule has 0 radical (unpaired) electrons. The lowest BCUT2D eigenvalue weighted by Crippen LogP contribution is -2.05. The average Bonchev–Trinajstić information content (AvgIpc) is 2.35. The zero-order chi connectivity index (χ0) is 15.3. The Morgan fingerprint density at radius 1 is 1.40 bits per heavy atom. The van der Waals surface area contributed by atoms with Crippen LogP contribution in [0.4, 0.5) is 24.5 Å². The Balaban J connectivity index is 3.32. The number of halogens is 3. The SMILES string of the molecule is O=[N+]([O-])c1cc(C(F)(F)F)ccc1N=[N+]=[S-](=O)OO[O-]. The smallest absolute Gasteiger partial charge is 0.416 e. The van der Waals surface area contributed by atoms with Crippen LogP contribution in [0, 0.1) is 10.1 Å². The molecular weight excluding hydrogens is 311 g/mol. The molecule has 0 fully saturated rings. The Kier molecular flexibility index (Phi) is 5.12. The van der Waals surface area contributed by atoms with Crippen molar-refractivity contribution in [1.82, 2.24) is 4.16 Å². The summed E-state index contributed by atoms with van der Waals surface area (Å²) in [5.74, 6) is 0. The predicted octanol–water partition coefficient (Wildman–Crippen LogP) is 1.05. The molecule has 0 amide bonds.